The molecular formula is C30H35Cl2N3O4S. The van der Waals surface area contributed by atoms with Crippen molar-refractivity contribution in [2.45, 2.75) is 64.1 Å². The Labute approximate surface area is 247 Å². The zero-order valence-electron chi connectivity index (χ0n) is 23.3. The fourth-order valence-electron chi connectivity index (χ4n) is 4.26. The van der Waals surface area contributed by atoms with Crippen LogP contribution in [0, 0.1) is 6.92 Å². The molecule has 40 heavy (non-hydrogen) atoms. The molecule has 0 aliphatic heterocycles. The molecule has 0 saturated heterocycles. The molecule has 0 bridgehead atoms. The van der Waals surface area contributed by atoms with Crippen LogP contribution in [0.3, 0.4) is 0 Å². The molecule has 0 unspecified atom stereocenters. The maximum absolute atomic E-state index is 14.2. The number of hydrogen-bond donors (Lipinski definition) is 1. The van der Waals surface area contributed by atoms with Crippen LogP contribution in [0.5, 0.6) is 0 Å². The molecule has 214 valence electrons. The summed E-state index contributed by atoms with van der Waals surface area (Å²) in [5.74, 6) is -0.884. The number of benzene rings is 3. The Hall–Kier alpha value is -3.07. The molecule has 0 aromatic heterocycles. The Morgan fingerprint density at radius 1 is 0.925 bits per heavy atom. The molecule has 2 amide bonds. The van der Waals surface area contributed by atoms with Crippen molar-refractivity contribution >= 4 is 50.7 Å². The van der Waals surface area contributed by atoms with Gasteiger partial charge in [-0.05, 0) is 69.5 Å². The molecule has 3 aromatic carbocycles. The molecule has 0 spiro atoms. The molecular weight excluding hydrogens is 569 g/mol. The Bertz CT molecular complexity index is 1460. The zero-order chi connectivity index (χ0) is 29.7. The maximum atomic E-state index is 14.2. The summed E-state index contributed by atoms with van der Waals surface area (Å²) in [6.45, 7) is 8.84. The maximum Gasteiger partial charge on any atom is 0.264 e. The standard InChI is InChI=1S/C30H35Cl2N3O4S/c1-6-25(29(37)33-30(3,4)5)34(19-22-14-11-10-13-21(22)2)27(36)20-35(26-18-12-17-24(31)28(26)32)40(38,39)23-15-8-7-9-16-23/h7-18,25H,6,19-20H2,1-5H3,(H,33,37)/t25-/m1/s1. The Morgan fingerprint density at radius 3 is 2.15 bits per heavy atom. The number of rotatable bonds is 10. The normalized spacial score (nSPS) is 12.5. The number of carbonyl (C=O) groups is 2. The van der Waals surface area contributed by atoms with Crippen molar-refractivity contribution in [3.05, 3.63) is 94.0 Å². The highest BCUT2D eigenvalue weighted by atomic mass is 35.5. The van der Waals surface area contributed by atoms with Gasteiger partial charge in [-0.1, -0.05) is 78.7 Å². The number of sulfonamides is 1. The number of nitrogens with zero attached hydrogens (tertiary/aromatic N) is 2. The van der Waals surface area contributed by atoms with E-state index in [9.17, 15) is 18.0 Å². The van der Waals surface area contributed by atoms with E-state index >= 15 is 0 Å². The van der Waals surface area contributed by atoms with Gasteiger partial charge in [-0.2, -0.15) is 0 Å². The smallest absolute Gasteiger partial charge is 0.264 e. The van der Waals surface area contributed by atoms with Crippen molar-refractivity contribution in [3.63, 3.8) is 0 Å². The highest BCUT2D eigenvalue weighted by Crippen LogP contribution is 2.35. The average molecular weight is 605 g/mol. The van der Waals surface area contributed by atoms with Gasteiger partial charge in [-0.15, -0.1) is 0 Å². The van der Waals surface area contributed by atoms with E-state index in [2.05, 4.69) is 5.32 Å². The summed E-state index contributed by atoms with van der Waals surface area (Å²) >= 11 is 12.7. The molecule has 10 heteroatoms. The Morgan fingerprint density at radius 2 is 1.55 bits per heavy atom. The SMILES string of the molecule is CC[C@H](C(=O)NC(C)(C)C)N(Cc1ccccc1C)C(=O)CN(c1cccc(Cl)c1Cl)S(=O)(=O)c1ccccc1. The van der Waals surface area contributed by atoms with E-state index in [1.54, 1.807) is 24.3 Å². The summed E-state index contributed by atoms with van der Waals surface area (Å²) in [5, 5.41) is 3.11. The Balaban J connectivity index is 2.12. The van der Waals surface area contributed by atoms with Gasteiger partial charge in [0.15, 0.2) is 0 Å². The van der Waals surface area contributed by atoms with Gasteiger partial charge in [-0.3, -0.25) is 13.9 Å². The number of anilines is 1. The molecule has 0 heterocycles. The molecule has 0 aliphatic carbocycles. The summed E-state index contributed by atoms with van der Waals surface area (Å²) < 4.78 is 28.8. The van der Waals surface area contributed by atoms with Gasteiger partial charge >= 0.3 is 0 Å². The second-order valence-corrected chi connectivity index (χ2v) is 13.2. The predicted octanol–water partition coefficient (Wildman–Crippen LogP) is 6.22. The van der Waals surface area contributed by atoms with Gasteiger partial charge in [0.25, 0.3) is 10.0 Å². The van der Waals surface area contributed by atoms with E-state index in [1.807, 2.05) is 58.9 Å². The average Bonchev–Trinajstić information content (AvgIpc) is 2.89. The summed E-state index contributed by atoms with van der Waals surface area (Å²) in [5.41, 5.74) is 1.32. The third kappa shape index (κ3) is 7.56. The van der Waals surface area contributed by atoms with Crippen molar-refractivity contribution in [3.8, 4) is 0 Å². The minimum atomic E-state index is -4.24. The topological polar surface area (TPSA) is 86.8 Å². The molecule has 0 radical (unpaired) electrons. The van der Waals surface area contributed by atoms with Crippen LogP contribution < -0.4 is 9.62 Å². The monoisotopic (exact) mass is 603 g/mol. The van der Waals surface area contributed by atoms with Crippen LogP contribution in [0.25, 0.3) is 0 Å². The number of nitrogens with one attached hydrogen (secondary N) is 1. The van der Waals surface area contributed by atoms with Gasteiger partial charge in [0.05, 0.1) is 20.6 Å². The summed E-state index contributed by atoms with van der Waals surface area (Å²) in [6, 6.07) is 19.1. The molecule has 0 saturated carbocycles. The lowest BCUT2D eigenvalue weighted by atomic mass is 10.0. The van der Waals surface area contributed by atoms with Crippen molar-refractivity contribution < 1.29 is 18.0 Å². The summed E-state index contributed by atoms with van der Waals surface area (Å²) in [4.78, 5) is 29.0. The second-order valence-electron chi connectivity index (χ2n) is 10.5. The van der Waals surface area contributed by atoms with Crippen molar-refractivity contribution in [2.75, 3.05) is 10.8 Å². The summed E-state index contributed by atoms with van der Waals surface area (Å²) in [6.07, 6.45) is 0.322. The number of amides is 2. The largest absolute Gasteiger partial charge is 0.350 e. The minimum absolute atomic E-state index is 0.000515. The van der Waals surface area contributed by atoms with Crippen LogP contribution in [-0.2, 0) is 26.2 Å². The van der Waals surface area contributed by atoms with Crippen LogP contribution >= 0.6 is 23.2 Å². The highest BCUT2D eigenvalue weighted by Gasteiger charge is 2.35. The van der Waals surface area contributed by atoms with Crippen LogP contribution in [0.2, 0.25) is 10.0 Å². The summed E-state index contributed by atoms with van der Waals surface area (Å²) in [7, 11) is -4.24. The van der Waals surface area contributed by atoms with Gasteiger partial charge in [-0.25, -0.2) is 8.42 Å². The lowest BCUT2D eigenvalue weighted by Crippen LogP contribution is -2.55. The van der Waals surface area contributed by atoms with E-state index in [0.29, 0.717) is 6.42 Å². The van der Waals surface area contributed by atoms with Crippen molar-refractivity contribution in [1.29, 1.82) is 0 Å². The van der Waals surface area contributed by atoms with Crippen molar-refractivity contribution in [1.82, 2.24) is 10.2 Å². The van der Waals surface area contributed by atoms with E-state index < -0.39 is 34.1 Å². The number of halogens is 2. The lowest BCUT2D eigenvalue weighted by Gasteiger charge is -2.35. The van der Waals surface area contributed by atoms with Crippen molar-refractivity contribution in [2.24, 2.45) is 0 Å². The van der Waals surface area contributed by atoms with E-state index in [1.165, 1.54) is 29.2 Å². The molecule has 3 rings (SSSR count). The fraction of sp³-hybridized carbons (Fsp3) is 0.333. The first-order valence-electron chi connectivity index (χ1n) is 12.9. The second kappa shape index (κ2) is 13.1. The third-order valence-electron chi connectivity index (χ3n) is 6.30. The third-order valence-corrected chi connectivity index (χ3v) is 8.88. The first-order chi connectivity index (χ1) is 18.8. The lowest BCUT2D eigenvalue weighted by molar-refractivity contribution is -0.141. The van der Waals surface area contributed by atoms with E-state index in [0.717, 1.165) is 15.4 Å². The van der Waals surface area contributed by atoms with E-state index in [-0.39, 0.29) is 33.1 Å². The van der Waals surface area contributed by atoms with E-state index in [4.69, 9.17) is 23.2 Å². The van der Waals surface area contributed by atoms with Crippen LogP contribution in [0.1, 0.15) is 45.2 Å². The van der Waals surface area contributed by atoms with Gasteiger partial charge in [0, 0.05) is 12.1 Å². The van der Waals surface area contributed by atoms with Crippen LogP contribution in [-0.4, -0.2) is 43.3 Å². The molecule has 3 aromatic rings. The molecule has 1 atom stereocenters. The van der Waals surface area contributed by atoms with Crippen LogP contribution in [0.15, 0.2) is 77.7 Å². The fourth-order valence-corrected chi connectivity index (χ4v) is 6.16. The number of hydrogen-bond acceptors (Lipinski definition) is 4. The molecule has 0 aliphatic rings. The minimum Gasteiger partial charge on any atom is -0.350 e. The molecule has 0 fully saturated rings. The van der Waals surface area contributed by atoms with Gasteiger partial charge in [0.2, 0.25) is 11.8 Å². The first-order valence-corrected chi connectivity index (χ1v) is 15.1. The first kappa shape index (κ1) is 31.5. The Kier molecular flexibility index (Phi) is 10.3. The van der Waals surface area contributed by atoms with Gasteiger partial charge < -0.3 is 10.2 Å². The molecule has 7 nitrogen and oxygen atoms in total. The predicted molar refractivity (Wildman–Crippen MR) is 161 cm³/mol. The van der Waals surface area contributed by atoms with Crippen LogP contribution in [0.4, 0.5) is 5.69 Å². The molecule has 1 N–H and O–H groups in total. The quantitative estimate of drug-likeness (QED) is 0.298. The zero-order valence-corrected chi connectivity index (χ0v) is 25.6. The van der Waals surface area contributed by atoms with Gasteiger partial charge in [0.1, 0.15) is 12.6 Å². The highest BCUT2D eigenvalue weighted by molar-refractivity contribution is 7.92. The number of aryl methyl sites for hydroxylation is 1. The number of carbonyl (C=O) groups excluding carboxylic acids is 2.